The Labute approximate surface area is 141 Å². The zero-order valence-electron chi connectivity index (χ0n) is 13.4. The average molecular weight is 339 g/mol. The highest BCUT2D eigenvalue weighted by molar-refractivity contribution is 5.93. The van der Waals surface area contributed by atoms with Gasteiger partial charge in [-0.25, -0.2) is 4.79 Å². The maximum Gasteiger partial charge on any atom is 0.328 e. The lowest BCUT2D eigenvalue weighted by molar-refractivity contribution is -0.117. The highest BCUT2D eigenvalue weighted by Crippen LogP contribution is 2.27. The lowest BCUT2D eigenvalue weighted by Gasteiger charge is -2.14. The normalized spacial score (nSPS) is 20.5. The number of aryl methyl sites for hydroxylation is 2. The first-order chi connectivity index (χ1) is 10.5. The Morgan fingerprint density at radius 1 is 1.26 bits per heavy atom. The molecule has 1 heterocycles. The van der Waals surface area contributed by atoms with E-state index < -0.39 is 0 Å². The lowest BCUT2D eigenvalue weighted by Crippen LogP contribution is -2.28. The fraction of sp³-hybridized carbons (Fsp3) is 0.500. The first-order valence-corrected chi connectivity index (χ1v) is 7.68. The van der Waals surface area contributed by atoms with E-state index in [1.165, 1.54) is 0 Å². The number of carbonyl (C=O) groups is 1. The van der Waals surface area contributed by atoms with Crippen molar-refractivity contribution in [3.63, 3.8) is 0 Å². The second kappa shape index (κ2) is 6.76. The molecule has 1 amide bonds. The van der Waals surface area contributed by atoms with Gasteiger partial charge in [-0.15, -0.1) is 12.4 Å². The summed E-state index contributed by atoms with van der Waals surface area (Å²) in [5.74, 6) is 0.271. The van der Waals surface area contributed by atoms with E-state index in [1.54, 1.807) is 23.2 Å². The van der Waals surface area contributed by atoms with Crippen molar-refractivity contribution in [2.75, 3.05) is 5.32 Å². The summed E-state index contributed by atoms with van der Waals surface area (Å²) < 4.78 is 3.18. The Balaban J connectivity index is 0.00000192. The summed E-state index contributed by atoms with van der Waals surface area (Å²) in [5, 5.41) is 2.92. The molecule has 23 heavy (non-hydrogen) atoms. The van der Waals surface area contributed by atoms with Crippen LogP contribution >= 0.6 is 12.4 Å². The van der Waals surface area contributed by atoms with Gasteiger partial charge in [0, 0.05) is 32.2 Å². The molecule has 1 aliphatic carbocycles. The molecule has 2 aromatic rings. The van der Waals surface area contributed by atoms with Gasteiger partial charge in [-0.1, -0.05) is 6.42 Å². The van der Waals surface area contributed by atoms with Crippen LogP contribution in [0.2, 0.25) is 0 Å². The van der Waals surface area contributed by atoms with E-state index in [0.29, 0.717) is 12.1 Å². The molecule has 1 aromatic heterocycles. The van der Waals surface area contributed by atoms with E-state index in [2.05, 4.69) is 5.32 Å². The predicted octanol–water partition coefficient (Wildman–Crippen LogP) is 1.75. The molecule has 3 rings (SSSR count). The van der Waals surface area contributed by atoms with Crippen molar-refractivity contribution < 1.29 is 4.79 Å². The Morgan fingerprint density at radius 2 is 1.96 bits per heavy atom. The van der Waals surface area contributed by atoms with Gasteiger partial charge in [-0.3, -0.25) is 13.9 Å². The predicted molar refractivity (Wildman–Crippen MR) is 94.0 cm³/mol. The van der Waals surface area contributed by atoms with Gasteiger partial charge in [-0.2, -0.15) is 0 Å². The number of hydrogen-bond acceptors (Lipinski definition) is 3. The average Bonchev–Trinajstić information content (AvgIpc) is 2.97. The van der Waals surface area contributed by atoms with Crippen LogP contribution in [0.5, 0.6) is 0 Å². The minimum atomic E-state index is -0.0737. The largest absolute Gasteiger partial charge is 0.328 e. The third-order valence-electron chi connectivity index (χ3n) is 4.72. The van der Waals surface area contributed by atoms with Gasteiger partial charge in [0.1, 0.15) is 0 Å². The van der Waals surface area contributed by atoms with Crippen molar-refractivity contribution in [2.45, 2.75) is 31.7 Å². The van der Waals surface area contributed by atoms with Crippen LogP contribution in [-0.4, -0.2) is 21.1 Å². The molecular weight excluding hydrogens is 316 g/mol. The Hall–Kier alpha value is -1.79. The van der Waals surface area contributed by atoms with Gasteiger partial charge >= 0.3 is 5.69 Å². The lowest BCUT2D eigenvalue weighted by atomic mass is 10.00. The number of halogens is 1. The van der Waals surface area contributed by atoms with Gasteiger partial charge in [0.2, 0.25) is 5.91 Å². The molecule has 1 saturated carbocycles. The molecule has 0 unspecified atom stereocenters. The number of aromatic nitrogens is 2. The zero-order chi connectivity index (χ0) is 15.9. The molecule has 7 heteroatoms. The Morgan fingerprint density at radius 3 is 2.61 bits per heavy atom. The number of anilines is 1. The highest BCUT2D eigenvalue weighted by atomic mass is 35.5. The van der Waals surface area contributed by atoms with Crippen LogP contribution < -0.4 is 16.7 Å². The maximum atomic E-state index is 12.2. The number of nitrogens with zero attached hydrogens (tertiary/aromatic N) is 2. The summed E-state index contributed by atoms with van der Waals surface area (Å²) in [4.78, 5) is 24.1. The molecule has 6 nitrogen and oxygen atoms in total. The third-order valence-corrected chi connectivity index (χ3v) is 4.72. The first kappa shape index (κ1) is 17.6. The summed E-state index contributed by atoms with van der Waals surface area (Å²) in [5.41, 5.74) is 8.31. The highest BCUT2D eigenvalue weighted by Gasteiger charge is 2.26. The fourth-order valence-corrected chi connectivity index (χ4v) is 3.35. The number of benzene rings is 1. The van der Waals surface area contributed by atoms with Gasteiger partial charge in [0.05, 0.1) is 11.0 Å². The molecule has 0 spiro atoms. The van der Waals surface area contributed by atoms with Crippen molar-refractivity contribution >= 4 is 35.0 Å². The summed E-state index contributed by atoms with van der Waals surface area (Å²) in [6.45, 7) is 0. The molecular formula is C16H23ClN4O2. The van der Waals surface area contributed by atoms with E-state index in [1.807, 2.05) is 18.2 Å². The first-order valence-electron chi connectivity index (χ1n) is 7.68. The maximum absolute atomic E-state index is 12.2. The van der Waals surface area contributed by atoms with Crippen LogP contribution in [0.1, 0.15) is 25.7 Å². The second-order valence-electron chi connectivity index (χ2n) is 6.21. The number of nitrogens with one attached hydrogen (secondary N) is 1. The van der Waals surface area contributed by atoms with E-state index in [-0.39, 0.29) is 36.0 Å². The van der Waals surface area contributed by atoms with E-state index in [9.17, 15) is 9.59 Å². The molecule has 0 bridgehead atoms. The molecule has 1 aromatic carbocycles. The van der Waals surface area contributed by atoms with Crippen LogP contribution in [0.4, 0.5) is 5.69 Å². The number of fused-ring (bicyclic) bond motifs is 1. The van der Waals surface area contributed by atoms with Crippen molar-refractivity contribution in [2.24, 2.45) is 25.7 Å². The number of carbonyl (C=O) groups excluding carboxylic acids is 1. The number of nitrogens with two attached hydrogens (primary N) is 1. The Bertz CT molecular complexity index is 780. The van der Waals surface area contributed by atoms with E-state index in [4.69, 9.17) is 5.73 Å². The molecule has 3 N–H and O–H groups in total. The molecule has 1 aliphatic rings. The van der Waals surface area contributed by atoms with Crippen LogP contribution in [0, 0.1) is 5.92 Å². The number of hydrogen-bond donors (Lipinski definition) is 2. The SMILES string of the molecule is Cl.Cn1c(=O)n(C)c2cc(NC(=O)C[C@@H]3CCC[C@H]3N)ccc21. The van der Waals surface area contributed by atoms with Gasteiger partial charge in [0.15, 0.2) is 0 Å². The van der Waals surface area contributed by atoms with Crippen molar-refractivity contribution in [3.8, 4) is 0 Å². The summed E-state index contributed by atoms with van der Waals surface area (Å²) in [7, 11) is 3.47. The van der Waals surface area contributed by atoms with Crippen molar-refractivity contribution in [3.05, 3.63) is 28.7 Å². The molecule has 126 valence electrons. The summed E-state index contributed by atoms with van der Waals surface area (Å²) >= 11 is 0. The number of imidazole rings is 1. The van der Waals surface area contributed by atoms with Crippen LogP contribution in [0.3, 0.4) is 0 Å². The topological polar surface area (TPSA) is 82.0 Å². The standard InChI is InChI=1S/C16H22N4O2.ClH/c1-19-13-7-6-11(9-14(13)20(2)16(19)22)18-15(21)8-10-4-3-5-12(10)17;/h6-7,9-10,12H,3-5,8,17H2,1-2H3,(H,18,21);1H/t10-,12+;/m0./s1. The summed E-state index contributed by atoms with van der Waals surface area (Å²) in [6.07, 6.45) is 3.61. The Kier molecular flexibility index (Phi) is 5.16. The zero-order valence-corrected chi connectivity index (χ0v) is 14.2. The fourth-order valence-electron chi connectivity index (χ4n) is 3.35. The van der Waals surface area contributed by atoms with E-state index >= 15 is 0 Å². The molecule has 1 fully saturated rings. The van der Waals surface area contributed by atoms with Crippen molar-refractivity contribution in [1.29, 1.82) is 0 Å². The molecule has 2 atom stereocenters. The minimum absolute atomic E-state index is 0. The van der Waals surface area contributed by atoms with Crippen molar-refractivity contribution in [1.82, 2.24) is 9.13 Å². The molecule has 0 aliphatic heterocycles. The van der Waals surface area contributed by atoms with Crippen LogP contribution in [0.15, 0.2) is 23.0 Å². The van der Waals surface area contributed by atoms with E-state index in [0.717, 1.165) is 30.3 Å². The third kappa shape index (κ3) is 3.28. The van der Waals surface area contributed by atoms with Gasteiger partial charge in [0.25, 0.3) is 0 Å². The van der Waals surface area contributed by atoms with Gasteiger partial charge in [-0.05, 0) is 37.0 Å². The number of amides is 1. The number of rotatable bonds is 3. The van der Waals surface area contributed by atoms with Crippen LogP contribution in [0.25, 0.3) is 11.0 Å². The smallest absolute Gasteiger partial charge is 0.327 e. The molecule has 0 radical (unpaired) electrons. The molecule has 0 saturated heterocycles. The monoisotopic (exact) mass is 338 g/mol. The second-order valence-corrected chi connectivity index (χ2v) is 6.21. The van der Waals surface area contributed by atoms with Gasteiger partial charge < -0.3 is 11.1 Å². The summed E-state index contributed by atoms with van der Waals surface area (Å²) in [6, 6.07) is 5.66. The minimum Gasteiger partial charge on any atom is -0.327 e. The van der Waals surface area contributed by atoms with Crippen LogP contribution in [-0.2, 0) is 18.9 Å². The quantitative estimate of drug-likeness (QED) is 0.894.